The molecule has 6 heteroatoms. The van der Waals surface area contributed by atoms with E-state index in [4.69, 9.17) is 4.42 Å². The standard InChI is InChI=1S/C18H22N4O2/c23-17(16-12-19-6-7-20-16)22-10-5-18(14-22)3-8-21(9-4-18)13-15-2-1-11-24-15/h1-2,6-7,11-12H,3-5,8-10,13-14H2. The second-order valence-corrected chi connectivity index (χ2v) is 6.92. The highest BCUT2D eigenvalue weighted by Crippen LogP contribution is 2.40. The quantitative estimate of drug-likeness (QED) is 0.865. The summed E-state index contributed by atoms with van der Waals surface area (Å²) >= 11 is 0. The topological polar surface area (TPSA) is 62.5 Å². The summed E-state index contributed by atoms with van der Waals surface area (Å²) in [5.74, 6) is 1.04. The molecule has 2 aliphatic heterocycles. The molecule has 0 bridgehead atoms. The Kier molecular flexibility index (Phi) is 4.06. The molecule has 2 saturated heterocycles. The van der Waals surface area contributed by atoms with Crippen LogP contribution in [-0.4, -0.2) is 51.9 Å². The van der Waals surface area contributed by atoms with E-state index in [1.807, 2.05) is 17.0 Å². The van der Waals surface area contributed by atoms with Crippen LogP contribution in [0.2, 0.25) is 0 Å². The average molecular weight is 326 g/mol. The summed E-state index contributed by atoms with van der Waals surface area (Å²) in [7, 11) is 0. The summed E-state index contributed by atoms with van der Waals surface area (Å²) in [6.45, 7) is 4.68. The van der Waals surface area contributed by atoms with Crippen molar-refractivity contribution in [1.29, 1.82) is 0 Å². The molecule has 2 aromatic heterocycles. The number of hydrogen-bond acceptors (Lipinski definition) is 5. The fraction of sp³-hybridized carbons (Fsp3) is 0.500. The molecular formula is C18H22N4O2. The first-order valence-corrected chi connectivity index (χ1v) is 8.54. The number of nitrogens with zero attached hydrogens (tertiary/aromatic N) is 4. The van der Waals surface area contributed by atoms with E-state index in [-0.39, 0.29) is 11.3 Å². The van der Waals surface area contributed by atoms with Gasteiger partial charge in [-0.1, -0.05) is 0 Å². The van der Waals surface area contributed by atoms with Crippen LogP contribution in [0.25, 0.3) is 0 Å². The van der Waals surface area contributed by atoms with E-state index in [2.05, 4.69) is 14.9 Å². The predicted molar refractivity (Wildman–Crippen MR) is 88.2 cm³/mol. The van der Waals surface area contributed by atoms with Crippen molar-refractivity contribution < 1.29 is 9.21 Å². The van der Waals surface area contributed by atoms with Gasteiger partial charge < -0.3 is 9.32 Å². The summed E-state index contributed by atoms with van der Waals surface area (Å²) in [6.07, 6.45) is 9.82. The molecule has 2 fully saturated rings. The van der Waals surface area contributed by atoms with Crippen LogP contribution in [-0.2, 0) is 6.54 Å². The van der Waals surface area contributed by atoms with Crippen molar-refractivity contribution >= 4 is 5.91 Å². The molecule has 4 rings (SSSR count). The first-order valence-electron chi connectivity index (χ1n) is 8.54. The van der Waals surface area contributed by atoms with Crippen molar-refractivity contribution in [3.05, 3.63) is 48.4 Å². The Balaban J connectivity index is 1.34. The normalized spacial score (nSPS) is 20.6. The van der Waals surface area contributed by atoms with Crippen molar-refractivity contribution in [2.24, 2.45) is 5.41 Å². The number of carbonyl (C=O) groups is 1. The summed E-state index contributed by atoms with van der Waals surface area (Å²) < 4.78 is 5.44. The Morgan fingerprint density at radius 1 is 1.21 bits per heavy atom. The van der Waals surface area contributed by atoms with Crippen LogP contribution in [0.1, 0.15) is 35.5 Å². The summed E-state index contributed by atoms with van der Waals surface area (Å²) in [5, 5.41) is 0. The number of hydrogen-bond donors (Lipinski definition) is 0. The van der Waals surface area contributed by atoms with Gasteiger partial charge in [0.05, 0.1) is 19.0 Å². The van der Waals surface area contributed by atoms with Crippen LogP contribution in [0.3, 0.4) is 0 Å². The molecule has 0 unspecified atom stereocenters. The van der Waals surface area contributed by atoms with Crippen LogP contribution >= 0.6 is 0 Å². The second kappa shape index (κ2) is 6.36. The molecule has 0 radical (unpaired) electrons. The van der Waals surface area contributed by atoms with E-state index >= 15 is 0 Å². The minimum absolute atomic E-state index is 0.0120. The number of piperidine rings is 1. The van der Waals surface area contributed by atoms with Crippen LogP contribution in [0, 0.1) is 5.41 Å². The molecule has 24 heavy (non-hydrogen) atoms. The summed E-state index contributed by atoms with van der Waals surface area (Å²) in [4.78, 5) is 25.1. The second-order valence-electron chi connectivity index (χ2n) is 6.92. The number of carbonyl (C=O) groups excluding carboxylic acids is 1. The Labute approximate surface area is 141 Å². The third-order valence-corrected chi connectivity index (χ3v) is 5.38. The predicted octanol–water partition coefficient (Wildman–Crippen LogP) is 2.20. The Morgan fingerprint density at radius 3 is 2.75 bits per heavy atom. The summed E-state index contributed by atoms with van der Waals surface area (Å²) in [6, 6.07) is 3.97. The zero-order chi connectivity index (χ0) is 16.4. The van der Waals surface area contributed by atoms with Gasteiger partial charge in [0.2, 0.25) is 0 Å². The molecule has 0 N–H and O–H groups in total. The van der Waals surface area contributed by atoms with Crippen LogP contribution in [0.5, 0.6) is 0 Å². The maximum Gasteiger partial charge on any atom is 0.274 e. The lowest BCUT2D eigenvalue weighted by Crippen LogP contribution is -2.42. The maximum atomic E-state index is 12.5. The largest absolute Gasteiger partial charge is 0.468 e. The van der Waals surface area contributed by atoms with E-state index in [0.717, 1.165) is 57.7 Å². The molecule has 0 aliphatic carbocycles. The van der Waals surface area contributed by atoms with E-state index in [9.17, 15) is 4.79 Å². The van der Waals surface area contributed by atoms with Gasteiger partial charge in [-0.25, -0.2) is 4.98 Å². The monoisotopic (exact) mass is 326 g/mol. The zero-order valence-corrected chi connectivity index (χ0v) is 13.7. The molecule has 2 aromatic rings. The van der Waals surface area contributed by atoms with Crippen molar-refractivity contribution in [3.63, 3.8) is 0 Å². The third-order valence-electron chi connectivity index (χ3n) is 5.38. The van der Waals surface area contributed by atoms with Gasteiger partial charge in [-0.3, -0.25) is 14.7 Å². The fourth-order valence-electron chi connectivity index (χ4n) is 3.90. The molecule has 126 valence electrons. The minimum Gasteiger partial charge on any atom is -0.468 e. The molecule has 2 aliphatic rings. The lowest BCUT2D eigenvalue weighted by Gasteiger charge is -2.38. The SMILES string of the molecule is O=C(c1cnccn1)N1CCC2(CCN(Cc3ccco3)CC2)C1. The molecule has 0 saturated carbocycles. The average Bonchev–Trinajstić information content (AvgIpc) is 3.28. The van der Waals surface area contributed by atoms with E-state index in [1.54, 1.807) is 24.9 Å². The summed E-state index contributed by atoms with van der Waals surface area (Å²) in [5.41, 5.74) is 0.724. The van der Waals surface area contributed by atoms with Gasteiger partial charge in [0, 0.05) is 25.5 Å². The van der Waals surface area contributed by atoms with E-state index in [1.165, 1.54) is 0 Å². The van der Waals surface area contributed by atoms with Gasteiger partial charge in [0.1, 0.15) is 11.5 Å². The molecule has 1 amide bonds. The number of amides is 1. The number of likely N-dealkylation sites (tertiary alicyclic amines) is 2. The van der Waals surface area contributed by atoms with Crippen molar-refractivity contribution in [2.75, 3.05) is 26.2 Å². The van der Waals surface area contributed by atoms with E-state index in [0.29, 0.717) is 5.69 Å². The van der Waals surface area contributed by atoms with Gasteiger partial charge in [-0.2, -0.15) is 0 Å². The molecule has 0 aromatic carbocycles. The van der Waals surface area contributed by atoms with Crippen LogP contribution < -0.4 is 0 Å². The third kappa shape index (κ3) is 3.06. The van der Waals surface area contributed by atoms with Gasteiger partial charge in [-0.05, 0) is 49.9 Å². The van der Waals surface area contributed by atoms with Gasteiger partial charge >= 0.3 is 0 Å². The maximum absolute atomic E-state index is 12.5. The minimum atomic E-state index is 0.0120. The van der Waals surface area contributed by atoms with E-state index < -0.39 is 0 Å². The first-order chi connectivity index (χ1) is 11.7. The highest BCUT2D eigenvalue weighted by molar-refractivity contribution is 5.92. The van der Waals surface area contributed by atoms with Crippen molar-refractivity contribution in [2.45, 2.75) is 25.8 Å². The lowest BCUT2D eigenvalue weighted by atomic mass is 9.78. The van der Waals surface area contributed by atoms with Gasteiger partial charge in [0.25, 0.3) is 5.91 Å². The highest BCUT2D eigenvalue weighted by Gasteiger charge is 2.42. The molecule has 4 heterocycles. The van der Waals surface area contributed by atoms with Gasteiger partial charge in [-0.15, -0.1) is 0 Å². The molecule has 6 nitrogen and oxygen atoms in total. The molecule has 1 spiro atoms. The van der Waals surface area contributed by atoms with Crippen LogP contribution in [0.15, 0.2) is 41.4 Å². The van der Waals surface area contributed by atoms with Crippen molar-refractivity contribution in [3.8, 4) is 0 Å². The smallest absolute Gasteiger partial charge is 0.274 e. The number of rotatable bonds is 3. The Hall–Kier alpha value is -2.21. The van der Waals surface area contributed by atoms with Gasteiger partial charge in [0.15, 0.2) is 0 Å². The Bertz CT molecular complexity index is 678. The number of furan rings is 1. The zero-order valence-electron chi connectivity index (χ0n) is 13.7. The van der Waals surface area contributed by atoms with Crippen molar-refractivity contribution in [1.82, 2.24) is 19.8 Å². The van der Waals surface area contributed by atoms with Crippen LogP contribution in [0.4, 0.5) is 0 Å². The highest BCUT2D eigenvalue weighted by atomic mass is 16.3. The lowest BCUT2D eigenvalue weighted by molar-refractivity contribution is 0.0701. The molecule has 0 atom stereocenters. The first kappa shape index (κ1) is 15.3. The fourth-order valence-corrected chi connectivity index (χ4v) is 3.90. The Morgan fingerprint density at radius 2 is 2.04 bits per heavy atom. The molecular weight excluding hydrogens is 304 g/mol. The number of aromatic nitrogens is 2.